The van der Waals surface area contributed by atoms with E-state index in [1.807, 2.05) is 20.8 Å². The number of rotatable bonds is 5. The van der Waals surface area contributed by atoms with Crippen molar-refractivity contribution in [2.24, 2.45) is 0 Å². The Hall–Kier alpha value is -2.42. The van der Waals surface area contributed by atoms with Crippen LogP contribution in [0.5, 0.6) is 0 Å². The summed E-state index contributed by atoms with van der Waals surface area (Å²) in [6.45, 7) is 5.96. The molecule has 31 heavy (non-hydrogen) atoms. The molecule has 2 heterocycles. The summed E-state index contributed by atoms with van der Waals surface area (Å²) in [6.07, 6.45) is -0.296. The maximum atomic E-state index is 13.3. The van der Waals surface area contributed by atoms with Gasteiger partial charge in [-0.3, -0.25) is 9.69 Å². The Labute approximate surface area is 184 Å². The zero-order valence-corrected chi connectivity index (χ0v) is 18.4. The molecule has 4 rings (SSSR count). The standard InChI is InChI=1S/C23H24FNO5S/c1-14-10-16(22(27)28-11-18-12-29-23(2,3)30-18)6-9-19(14)25-20(26)13-31-21(25)15-4-7-17(24)8-5-15/h4-10,18,21H,11-13H2,1-3H3. The maximum absolute atomic E-state index is 13.3. The molecule has 8 heteroatoms. The normalized spacial score (nSPS) is 22.7. The third kappa shape index (κ3) is 4.76. The van der Waals surface area contributed by atoms with E-state index in [0.29, 0.717) is 17.9 Å². The predicted molar refractivity (Wildman–Crippen MR) is 115 cm³/mol. The molecule has 0 aliphatic carbocycles. The Morgan fingerprint density at radius 3 is 2.65 bits per heavy atom. The summed E-state index contributed by atoms with van der Waals surface area (Å²) in [5.74, 6) is -1.14. The molecule has 2 saturated heterocycles. The first kappa shape index (κ1) is 21.8. The molecular weight excluding hydrogens is 421 g/mol. The van der Waals surface area contributed by atoms with E-state index in [1.54, 1.807) is 35.2 Å². The van der Waals surface area contributed by atoms with Gasteiger partial charge in [0.25, 0.3) is 0 Å². The molecule has 2 atom stereocenters. The molecule has 2 aliphatic rings. The lowest BCUT2D eigenvalue weighted by molar-refractivity contribution is -0.142. The van der Waals surface area contributed by atoms with Crippen molar-refractivity contribution in [3.05, 3.63) is 65.0 Å². The maximum Gasteiger partial charge on any atom is 0.338 e. The molecule has 2 aromatic carbocycles. The van der Waals surface area contributed by atoms with Gasteiger partial charge >= 0.3 is 5.97 Å². The van der Waals surface area contributed by atoms with Crippen molar-refractivity contribution in [1.29, 1.82) is 0 Å². The van der Waals surface area contributed by atoms with Crippen LogP contribution < -0.4 is 4.90 Å². The first-order chi connectivity index (χ1) is 14.7. The number of halogens is 1. The average molecular weight is 446 g/mol. The Balaban J connectivity index is 1.48. The zero-order chi connectivity index (χ0) is 22.2. The molecule has 6 nitrogen and oxygen atoms in total. The van der Waals surface area contributed by atoms with Crippen LogP contribution in [0.3, 0.4) is 0 Å². The van der Waals surface area contributed by atoms with Crippen LogP contribution in [-0.2, 0) is 19.0 Å². The van der Waals surface area contributed by atoms with E-state index in [2.05, 4.69) is 0 Å². The summed E-state index contributed by atoms with van der Waals surface area (Å²) >= 11 is 1.49. The van der Waals surface area contributed by atoms with Gasteiger partial charge in [0.05, 0.1) is 17.9 Å². The van der Waals surface area contributed by atoms with Gasteiger partial charge in [0.1, 0.15) is 23.9 Å². The second-order valence-electron chi connectivity index (χ2n) is 8.03. The van der Waals surface area contributed by atoms with Gasteiger partial charge in [-0.2, -0.15) is 0 Å². The van der Waals surface area contributed by atoms with Crippen LogP contribution in [0, 0.1) is 12.7 Å². The van der Waals surface area contributed by atoms with Crippen LogP contribution in [0.15, 0.2) is 42.5 Å². The average Bonchev–Trinajstić information content (AvgIpc) is 3.28. The smallest absolute Gasteiger partial charge is 0.338 e. The molecular formula is C23H24FNO5S. The van der Waals surface area contributed by atoms with Crippen molar-refractivity contribution in [1.82, 2.24) is 0 Å². The van der Waals surface area contributed by atoms with E-state index < -0.39 is 11.8 Å². The summed E-state index contributed by atoms with van der Waals surface area (Å²) in [4.78, 5) is 26.8. The van der Waals surface area contributed by atoms with Gasteiger partial charge in [0, 0.05) is 5.69 Å². The fourth-order valence-corrected chi connectivity index (χ4v) is 4.88. The molecule has 0 bridgehead atoms. The van der Waals surface area contributed by atoms with Crippen molar-refractivity contribution in [2.75, 3.05) is 23.9 Å². The molecule has 2 unspecified atom stereocenters. The van der Waals surface area contributed by atoms with E-state index in [9.17, 15) is 14.0 Å². The molecule has 0 spiro atoms. The molecule has 2 aromatic rings. The third-order valence-corrected chi connectivity index (χ3v) is 6.40. The van der Waals surface area contributed by atoms with Gasteiger partial charge in [-0.15, -0.1) is 11.8 Å². The van der Waals surface area contributed by atoms with Crippen molar-refractivity contribution >= 4 is 29.3 Å². The van der Waals surface area contributed by atoms with E-state index in [0.717, 1.165) is 16.8 Å². The number of nitrogens with zero attached hydrogens (tertiary/aromatic N) is 1. The number of carbonyl (C=O) groups is 2. The summed E-state index contributed by atoms with van der Waals surface area (Å²) in [6, 6.07) is 11.3. The van der Waals surface area contributed by atoms with Crippen LogP contribution >= 0.6 is 11.8 Å². The molecule has 2 aliphatic heterocycles. The van der Waals surface area contributed by atoms with Gasteiger partial charge in [-0.05, 0) is 62.2 Å². The highest BCUT2D eigenvalue weighted by atomic mass is 32.2. The monoisotopic (exact) mass is 445 g/mol. The van der Waals surface area contributed by atoms with Crippen molar-refractivity contribution in [3.8, 4) is 0 Å². The Bertz CT molecular complexity index is 994. The van der Waals surface area contributed by atoms with Crippen LogP contribution in [0.2, 0.25) is 0 Å². The highest BCUT2D eigenvalue weighted by molar-refractivity contribution is 8.00. The quantitative estimate of drug-likeness (QED) is 0.642. The van der Waals surface area contributed by atoms with E-state index >= 15 is 0 Å². The largest absolute Gasteiger partial charge is 0.459 e. The molecule has 2 fully saturated rings. The lowest BCUT2D eigenvalue weighted by Crippen LogP contribution is -2.28. The molecule has 0 saturated carbocycles. The summed E-state index contributed by atoms with van der Waals surface area (Å²) < 4.78 is 29.8. The van der Waals surface area contributed by atoms with Gasteiger partial charge < -0.3 is 14.2 Å². The number of benzene rings is 2. The molecule has 0 aromatic heterocycles. The number of hydrogen-bond acceptors (Lipinski definition) is 6. The summed E-state index contributed by atoms with van der Waals surface area (Å²) in [5.41, 5.74) is 2.74. The highest BCUT2D eigenvalue weighted by Gasteiger charge is 2.35. The molecule has 164 valence electrons. The minimum atomic E-state index is -0.670. The summed E-state index contributed by atoms with van der Waals surface area (Å²) in [5, 5.41) is -0.243. The number of anilines is 1. The highest BCUT2D eigenvalue weighted by Crippen LogP contribution is 2.42. The van der Waals surface area contributed by atoms with Gasteiger partial charge in [-0.25, -0.2) is 9.18 Å². The third-order valence-electron chi connectivity index (χ3n) is 5.18. The van der Waals surface area contributed by atoms with E-state index in [1.165, 1.54) is 23.9 Å². The zero-order valence-electron chi connectivity index (χ0n) is 17.6. The molecule has 0 N–H and O–H groups in total. The number of aryl methyl sites for hydroxylation is 1. The van der Waals surface area contributed by atoms with Crippen molar-refractivity contribution in [3.63, 3.8) is 0 Å². The van der Waals surface area contributed by atoms with Crippen molar-refractivity contribution < 1.29 is 28.2 Å². The number of carbonyl (C=O) groups excluding carboxylic acids is 2. The van der Waals surface area contributed by atoms with Crippen LogP contribution in [-0.4, -0.2) is 42.7 Å². The topological polar surface area (TPSA) is 65.1 Å². The lowest BCUT2D eigenvalue weighted by Gasteiger charge is -2.26. The first-order valence-electron chi connectivity index (χ1n) is 10.0. The van der Waals surface area contributed by atoms with Crippen molar-refractivity contribution in [2.45, 2.75) is 38.0 Å². The first-order valence-corrected chi connectivity index (χ1v) is 11.1. The molecule has 0 radical (unpaired) electrons. The second kappa shape index (κ2) is 8.61. The minimum absolute atomic E-state index is 0.0289. The van der Waals surface area contributed by atoms with Crippen LogP contribution in [0.4, 0.5) is 10.1 Å². The second-order valence-corrected chi connectivity index (χ2v) is 9.10. The summed E-state index contributed by atoms with van der Waals surface area (Å²) in [7, 11) is 0. The fraction of sp³-hybridized carbons (Fsp3) is 0.391. The number of thioether (sulfide) groups is 1. The van der Waals surface area contributed by atoms with E-state index in [4.69, 9.17) is 14.2 Å². The number of ether oxygens (including phenoxy) is 3. The fourth-order valence-electron chi connectivity index (χ4n) is 3.71. The Morgan fingerprint density at radius 2 is 2.00 bits per heavy atom. The van der Waals surface area contributed by atoms with E-state index in [-0.39, 0.29) is 29.8 Å². The number of esters is 1. The predicted octanol–water partition coefficient (Wildman–Crippen LogP) is 4.22. The molecule has 1 amide bonds. The minimum Gasteiger partial charge on any atom is -0.459 e. The van der Waals surface area contributed by atoms with Crippen LogP contribution in [0.1, 0.15) is 40.7 Å². The SMILES string of the molecule is Cc1cc(C(=O)OCC2COC(C)(C)O2)ccc1N1C(=O)CSC1c1ccc(F)cc1. The van der Waals surface area contributed by atoms with Gasteiger partial charge in [0.15, 0.2) is 5.79 Å². The number of hydrogen-bond donors (Lipinski definition) is 0. The Kier molecular flexibility index (Phi) is 6.05. The van der Waals surface area contributed by atoms with Crippen LogP contribution in [0.25, 0.3) is 0 Å². The lowest BCUT2D eigenvalue weighted by atomic mass is 10.1. The Morgan fingerprint density at radius 1 is 1.26 bits per heavy atom. The van der Waals surface area contributed by atoms with Gasteiger partial charge in [0.2, 0.25) is 5.91 Å². The number of amides is 1. The van der Waals surface area contributed by atoms with Gasteiger partial charge in [-0.1, -0.05) is 12.1 Å².